The smallest absolute Gasteiger partial charge is 0.277 e. The summed E-state index contributed by atoms with van der Waals surface area (Å²) in [4.78, 5) is 12.3. The number of nitrogens with two attached hydrogens (primary N) is 1. The van der Waals surface area contributed by atoms with Crippen LogP contribution in [0.15, 0.2) is 30.3 Å². The number of rotatable bonds is 5. The van der Waals surface area contributed by atoms with E-state index in [9.17, 15) is 13.2 Å². The molecule has 7 heteroatoms. The van der Waals surface area contributed by atoms with Crippen molar-refractivity contribution in [3.05, 3.63) is 35.9 Å². The van der Waals surface area contributed by atoms with Gasteiger partial charge in [-0.1, -0.05) is 30.3 Å². The molecule has 2 fully saturated rings. The number of hydrogen-bond acceptors (Lipinski definition) is 3. The van der Waals surface area contributed by atoms with Crippen LogP contribution in [0.5, 0.6) is 0 Å². The van der Waals surface area contributed by atoms with E-state index < -0.39 is 16.3 Å². The molecule has 1 amide bonds. The summed E-state index contributed by atoms with van der Waals surface area (Å²) < 4.78 is 24.1. The molecule has 1 heterocycles. The molecule has 1 atom stereocenters. The number of nitrogens with zero attached hydrogens (tertiary/aromatic N) is 1. The zero-order valence-corrected chi connectivity index (χ0v) is 13.2. The topological polar surface area (TPSA) is 92.5 Å². The van der Waals surface area contributed by atoms with Gasteiger partial charge in [0.15, 0.2) is 0 Å². The molecule has 0 bridgehead atoms. The Labute approximate surface area is 130 Å². The average molecular weight is 323 g/mol. The zero-order valence-electron chi connectivity index (χ0n) is 12.4. The van der Waals surface area contributed by atoms with Crippen LogP contribution < -0.4 is 10.5 Å². The first-order valence-corrected chi connectivity index (χ1v) is 9.06. The number of nitrogens with one attached hydrogen (secondary N) is 1. The van der Waals surface area contributed by atoms with Crippen LogP contribution in [0.3, 0.4) is 0 Å². The maximum absolute atomic E-state index is 12.3. The number of carbonyl (C=O) groups excluding carboxylic acids is 1. The van der Waals surface area contributed by atoms with Crippen molar-refractivity contribution in [2.75, 3.05) is 13.1 Å². The summed E-state index contributed by atoms with van der Waals surface area (Å²) in [5, 5.41) is 8.10. The van der Waals surface area contributed by atoms with E-state index in [1.165, 1.54) is 5.56 Å². The monoisotopic (exact) mass is 323 g/mol. The Morgan fingerprint density at radius 2 is 2.00 bits per heavy atom. The van der Waals surface area contributed by atoms with Gasteiger partial charge in [-0.2, -0.15) is 12.7 Å². The van der Waals surface area contributed by atoms with Gasteiger partial charge < -0.3 is 5.32 Å². The molecule has 3 N–H and O–H groups in total. The molecule has 2 aliphatic rings. The Morgan fingerprint density at radius 1 is 1.32 bits per heavy atom. The fourth-order valence-electron chi connectivity index (χ4n) is 3.19. The third-order valence-electron chi connectivity index (χ3n) is 4.67. The van der Waals surface area contributed by atoms with Gasteiger partial charge in [-0.05, 0) is 31.2 Å². The molecule has 6 nitrogen and oxygen atoms in total. The highest BCUT2D eigenvalue weighted by molar-refractivity contribution is 7.86. The van der Waals surface area contributed by atoms with Gasteiger partial charge in [0, 0.05) is 18.5 Å². The Bertz CT molecular complexity index is 656. The summed E-state index contributed by atoms with van der Waals surface area (Å²) in [6.45, 7) is 0.867. The van der Waals surface area contributed by atoms with Gasteiger partial charge in [-0.3, -0.25) is 4.79 Å². The highest BCUT2D eigenvalue weighted by atomic mass is 32.2. The molecule has 0 unspecified atom stereocenters. The molecule has 22 heavy (non-hydrogen) atoms. The van der Waals surface area contributed by atoms with Crippen molar-refractivity contribution in [1.82, 2.24) is 9.62 Å². The van der Waals surface area contributed by atoms with Crippen molar-refractivity contribution in [1.29, 1.82) is 0 Å². The molecule has 0 spiro atoms. The van der Waals surface area contributed by atoms with Gasteiger partial charge >= 0.3 is 0 Å². The first-order valence-electron chi connectivity index (χ1n) is 7.55. The number of benzene rings is 1. The first kappa shape index (κ1) is 15.5. The number of carbonyl (C=O) groups is 1. The van der Waals surface area contributed by atoms with Gasteiger partial charge in [-0.25, -0.2) is 5.14 Å². The van der Waals surface area contributed by atoms with Crippen molar-refractivity contribution in [2.24, 2.45) is 5.14 Å². The van der Waals surface area contributed by atoms with E-state index in [-0.39, 0.29) is 11.3 Å². The van der Waals surface area contributed by atoms with E-state index in [1.54, 1.807) is 0 Å². The Kier molecular flexibility index (Phi) is 3.96. The molecular weight excluding hydrogens is 302 g/mol. The lowest BCUT2D eigenvalue weighted by Gasteiger charge is -2.23. The van der Waals surface area contributed by atoms with Crippen LogP contribution in [-0.4, -0.2) is 37.8 Å². The third-order valence-corrected chi connectivity index (χ3v) is 5.76. The van der Waals surface area contributed by atoms with Crippen LogP contribution in [0.1, 0.15) is 31.2 Å². The summed E-state index contributed by atoms with van der Waals surface area (Å²) in [5.41, 5.74) is 1.24. The van der Waals surface area contributed by atoms with Crippen molar-refractivity contribution in [3.63, 3.8) is 0 Å². The van der Waals surface area contributed by atoms with Gasteiger partial charge in [0.2, 0.25) is 5.91 Å². The van der Waals surface area contributed by atoms with Crippen LogP contribution in [0.2, 0.25) is 0 Å². The Balaban J connectivity index is 1.64. The normalized spacial score (nSPS) is 24.1. The lowest BCUT2D eigenvalue weighted by molar-refractivity contribution is -0.124. The van der Waals surface area contributed by atoms with Gasteiger partial charge in [0.25, 0.3) is 10.2 Å². The molecule has 0 radical (unpaired) electrons. The van der Waals surface area contributed by atoms with Crippen molar-refractivity contribution in [2.45, 2.75) is 37.1 Å². The second-order valence-corrected chi connectivity index (χ2v) is 7.68. The highest BCUT2D eigenvalue weighted by Gasteiger charge is 2.45. The van der Waals surface area contributed by atoms with E-state index >= 15 is 0 Å². The predicted octanol–water partition coefficient (Wildman–Crippen LogP) is 0.502. The van der Waals surface area contributed by atoms with Gasteiger partial charge in [-0.15, -0.1) is 0 Å². The second kappa shape index (κ2) is 5.64. The number of hydrogen-bond donors (Lipinski definition) is 2. The minimum absolute atomic E-state index is 0.0158. The first-order chi connectivity index (χ1) is 10.4. The molecule has 3 rings (SSSR count). The lowest BCUT2D eigenvalue weighted by Crippen LogP contribution is -2.49. The minimum atomic E-state index is -3.81. The standard InChI is InChI=1S/C15H21N3O3S/c16-22(20,21)18-10-4-7-13(18)14(19)17-11-15(8-9-15)12-5-2-1-3-6-12/h1-3,5-6,13H,4,7-11H2,(H,17,19)(H2,16,20,21)/t13-/m0/s1. The second-order valence-electron chi connectivity index (χ2n) is 6.18. The van der Waals surface area contributed by atoms with Crippen LogP contribution in [0.4, 0.5) is 0 Å². The summed E-state index contributed by atoms with van der Waals surface area (Å²) in [7, 11) is -3.81. The van der Waals surface area contributed by atoms with E-state index in [1.807, 2.05) is 18.2 Å². The quantitative estimate of drug-likeness (QED) is 0.826. The fraction of sp³-hybridized carbons (Fsp3) is 0.533. The molecular formula is C15H21N3O3S. The molecule has 1 saturated heterocycles. The van der Waals surface area contributed by atoms with E-state index in [4.69, 9.17) is 5.14 Å². The molecule has 1 aromatic rings. The van der Waals surface area contributed by atoms with Crippen molar-refractivity contribution >= 4 is 16.1 Å². The summed E-state index contributed by atoms with van der Waals surface area (Å²) in [5.74, 6) is -0.242. The van der Waals surface area contributed by atoms with Gasteiger partial charge in [0.05, 0.1) is 0 Å². The maximum atomic E-state index is 12.3. The molecule has 120 valence electrons. The maximum Gasteiger partial charge on any atom is 0.277 e. The van der Waals surface area contributed by atoms with E-state index in [2.05, 4.69) is 17.4 Å². The summed E-state index contributed by atoms with van der Waals surface area (Å²) in [6.07, 6.45) is 3.28. The SMILES string of the molecule is NS(=O)(=O)N1CCC[C@H]1C(=O)NCC1(c2ccccc2)CC1. The molecule has 1 aliphatic heterocycles. The van der Waals surface area contributed by atoms with Crippen LogP contribution in [-0.2, 0) is 20.4 Å². The Morgan fingerprint density at radius 3 is 2.59 bits per heavy atom. The number of amides is 1. The summed E-state index contributed by atoms with van der Waals surface area (Å²) in [6, 6.07) is 9.45. The lowest BCUT2D eigenvalue weighted by atomic mass is 9.96. The van der Waals surface area contributed by atoms with Crippen LogP contribution in [0.25, 0.3) is 0 Å². The van der Waals surface area contributed by atoms with E-state index in [0.29, 0.717) is 25.9 Å². The molecule has 1 aliphatic carbocycles. The van der Waals surface area contributed by atoms with E-state index in [0.717, 1.165) is 17.1 Å². The zero-order chi connectivity index (χ0) is 15.8. The molecule has 0 aromatic heterocycles. The van der Waals surface area contributed by atoms with Crippen molar-refractivity contribution < 1.29 is 13.2 Å². The Hall–Kier alpha value is -1.44. The molecule has 1 saturated carbocycles. The summed E-state index contributed by atoms with van der Waals surface area (Å²) >= 11 is 0. The van der Waals surface area contributed by atoms with Gasteiger partial charge in [0.1, 0.15) is 6.04 Å². The molecule has 1 aromatic carbocycles. The average Bonchev–Trinajstić information content (AvgIpc) is 3.10. The minimum Gasteiger partial charge on any atom is -0.354 e. The van der Waals surface area contributed by atoms with Crippen LogP contribution in [0, 0.1) is 0 Å². The van der Waals surface area contributed by atoms with Crippen LogP contribution >= 0.6 is 0 Å². The predicted molar refractivity (Wildman–Crippen MR) is 83.2 cm³/mol. The highest BCUT2D eigenvalue weighted by Crippen LogP contribution is 2.47. The largest absolute Gasteiger partial charge is 0.354 e. The fourth-order valence-corrected chi connectivity index (χ4v) is 4.13. The third kappa shape index (κ3) is 3.02. The van der Waals surface area contributed by atoms with Crippen molar-refractivity contribution in [3.8, 4) is 0 Å².